The summed E-state index contributed by atoms with van der Waals surface area (Å²) < 4.78 is 0. The van der Waals surface area contributed by atoms with Crippen molar-refractivity contribution in [1.82, 2.24) is 19.9 Å². The van der Waals surface area contributed by atoms with E-state index in [1.165, 1.54) is 0 Å². The molecule has 0 atom stereocenters. The van der Waals surface area contributed by atoms with Gasteiger partial charge in [0.05, 0.1) is 22.8 Å². The van der Waals surface area contributed by atoms with E-state index in [1.54, 1.807) is 0 Å². The first-order valence-electron chi connectivity index (χ1n) is 12.5. The van der Waals surface area contributed by atoms with Gasteiger partial charge in [0.1, 0.15) is 0 Å². The molecule has 5 rings (SSSR count). The zero-order valence-corrected chi connectivity index (χ0v) is 23.3. The standard InChI is InChI=1S/C30H30N4O4.Fe/c1-15-9-20-12-25-17(3)21(5-7-29(35)36)27(33-25)14-28-22(6-8-30(37)38)18(4)26(34-28)13-24-16(2)10-19(32-24)11-23(15)31-20;/h9-14H,5-8H2,1-4H3,(H4,31,32,33,34,35,36,37,38);/p-2. The van der Waals surface area contributed by atoms with Crippen molar-refractivity contribution >= 4 is 56.8 Å². The molecule has 202 valence electrons. The Morgan fingerprint density at radius 2 is 1.46 bits per heavy atom. The maximum absolute atomic E-state index is 11.4. The van der Waals surface area contributed by atoms with E-state index in [2.05, 4.69) is 0 Å². The summed E-state index contributed by atoms with van der Waals surface area (Å²) in [4.78, 5) is 42.2. The van der Waals surface area contributed by atoms with Crippen molar-refractivity contribution < 1.29 is 36.9 Å². The number of rotatable bonds is 6. The Hall–Kier alpha value is -3.94. The van der Waals surface area contributed by atoms with Gasteiger partial charge in [0.15, 0.2) is 0 Å². The maximum Gasteiger partial charge on any atom is 0.303 e. The Morgan fingerprint density at radius 3 is 2.18 bits per heavy atom. The largest absolute Gasteiger partial charge is 0.658 e. The van der Waals surface area contributed by atoms with Gasteiger partial charge in [-0.25, -0.2) is 9.97 Å². The third-order valence-electron chi connectivity index (χ3n) is 7.10. The molecule has 3 aromatic heterocycles. The minimum atomic E-state index is -0.882. The number of carboxylic acids is 2. The van der Waals surface area contributed by atoms with Crippen LogP contribution in [-0.4, -0.2) is 32.1 Å². The smallest absolute Gasteiger partial charge is 0.303 e. The quantitative estimate of drug-likeness (QED) is 0.373. The summed E-state index contributed by atoms with van der Waals surface area (Å²) in [6, 6.07) is 9.66. The topological polar surface area (TPSA) is 129 Å². The van der Waals surface area contributed by atoms with Crippen LogP contribution in [0, 0.1) is 13.8 Å². The Kier molecular flexibility index (Phi) is 7.95. The molecule has 9 heteroatoms. The Labute approximate surface area is 236 Å². The second-order valence-electron chi connectivity index (χ2n) is 9.84. The normalized spacial score (nSPS) is 12.8. The number of carbonyl (C=O) groups is 2. The number of carboxylic acid groups (broad SMARTS) is 2. The van der Waals surface area contributed by atoms with Gasteiger partial charge >= 0.3 is 11.9 Å². The molecule has 5 heterocycles. The van der Waals surface area contributed by atoms with Crippen molar-refractivity contribution in [2.45, 2.75) is 53.4 Å². The fourth-order valence-corrected chi connectivity index (χ4v) is 4.96. The molecule has 8 bridgehead atoms. The van der Waals surface area contributed by atoms with Crippen molar-refractivity contribution in [1.29, 1.82) is 0 Å². The second-order valence-corrected chi connectivity index (χ2v) is 9.84. The van der Waals surface area contributed by atoms with Crippen LogP contribution >= 0.6 is 0 Å². The van der Waals surface area contributed by atoms with Gasteiger partial charge in [-0.3, -0.25) is 9.59 Å². The first-order chi connectivity index (χ1) is 18.1. The van der Waals surface area contributed by atoms with Gasteiger partial charge in [0.2, 0.25) is 0 Å². The number of nitrogens with zero attached hydrogens (tertiary/aromatic N) is 4. The Morgan fingerprint density at radius 1 is 0.769 bits per heavy atom. The Balaban J connectivity index is 0.00000353. The van der Waals surface area contributed by atoms with E-state index in [0.717, 1.165) is 67.0 Å². The van der Waals surface area contributed by atoms with Crippen LogP contribution in [0.1, 0.15) is 72.6 Å². The van der Waals surface area contributed by atoms with Crippen LogP contribution in [0.4, 0.5) is 0 Å². The van der Waals surface area contributed by atoms with Gasteiger partial charge in [-0.1, -0.05) is 47.0 Å². The van der Waals surface area contributed by atoms with Crippen molar-refractivity contribution in [2.75, 3.05) is 0 Å². The van der Waals surface area contributed by atoms with Crippen LogP contribution in [0.3, 0.4) is 0 Å². The molecule has 0 aromatic carbocycles. The first kappa shape index (κ1) is 28.1. The van der Waals surface area contributed by atoms with Crippen LogP contribution in [0.2, 0.25) is 0 Å². The van der Waals surface area contributed by atoms with Gasteiger partial charge in [-0.05, 0) is 63.3 Å². The average Bonchev–Trinajstić information content (AvgIpc) is 3.53. The van der Waals surface area contributed by atoms with Gasteiger partial charge in [-0.15, -0.1) is 22.1 Å². The van der Waals surface area contributed by atoms with Gasteiger partial charge in [-0.2, -0.15) is 0 Å². The number of aromatic nitrogens is 4. The summed E-state index contributed by atoms with van der Waals surface area (Å²) in [6.45, 7) is 7.89. The minimum absolute atomic E-state index is 0. The number of hydrogen-bond acceptors (Lipinski definition) is 4. The van der Waals surface area contributed by atoms with E-state index in [-0.39, 0.29) is 29.9 Å². The van der Waals surface area contributed by atoms with Crippen LogP contribution in [0.5, 0.6) is 0 Å². The number of hydrogen-bond donors (Lipinski definition) is 2. The number of fused-ring (bicyclic) bond motifs is 8. The fraction of sp³-hybridized carbons (Fsp3) is 0.267. The minimum Gasteiger partial charge on any atom is -0.658 e. The van der Waals surface area contributed by atoms with E-state index in [1.807, 2.05) is 64.1 Å². The zero-order chi connectivity index (χ0) is 27.1. The molecule has 8 nitrogen and oxygen atoms in total. The molecule has 0 saturated carbocycles. The molecule has 0 radical (unpaired) electrons. The molecule has 0 fully saturated rings. The van der Waals surface area contributed by atoms with Gasteiger partial charge in [0, 0.05) is 29.9 Å². The monoisotopic (exact) mass is 564 g/mol. The van der Waals surface area contributed by atoms with E-state index in [9.17, 15) is 19.8 Å². The van der Waals surface area contributed by atoms with Crippen molar-refractivity contribution in [3.05, 3.63) is 69.8 Å². The number of allylic oxidation sites excluding steroid dienone is 3. The van der Waals surface area contributed by atoms with E-state index in [4.69, 9.17) is 19.9 Å². The summed E-state index contributed by atoms with van der Waals surface area (Å²) in [5.74, 6) is -1.76. The number of aliphatic carboxylic acids is 2. The van der Waals surface area contributed by atoms with E-state index in [0.29, 0.717) is 24.1 Å². The van der Waals surface area contributed by atoms with Crippen molar-refractivity contribution in [3.8, 4) is 0 Å². The predicted molar refractivity (Wildman–Crippen MR) is 147 cm³/mol. The second kappa shape index (κ2) is 11.0. The summed E-state index contributed by atoms with van der Waals surface area (Å²) in [5, 5.41) is 18.7. The summed E-state index contributed by atoms with van der Waals surface area (Å²) in [5.41, 5.74) is 11.4. The maximum atomic E-state index is 11.4. The molecule has 0 spiro atoms. The molecule has 0 unspecified atom stereocenters. The fourth-order valence-electron chi connectivity index (χ4n) is 4.96. The molecular formula is C30H28FeN4O4-2. The molecule has 2 N–H and O–H groups in total. The number of aryl methyl sites for hydroxylation is 3. The van der Waals surface area contributed by atoms with Crippen LogP contribution in [0.25, 0.3) is 44.9 Å². The van der Waals surface area contributed by atoms with Crippen LogP contribution in [-0.2, 0) is 33.1 Å². The zero-order valence-electron chi connectivity index (χ0n) is 22.1. The third-order valence-corrected chi connectivity index (χ3v) is 7.10. The van der Waals surface area contributed by atoms with E-state index < -0.39 is 11.9 Å². The van der Waals surface area contributed by atoms with Crippen molar-refractivity contribution in [2.24, 2.45) is 0 Å². The SMILES string of the molecule is CC1=Cc2cc3[n-]c(cc4nc(cc5[n-]c(cc1n2)c(C)c5CCC(=O)O)C(CCC(=O)O)=C4C)cc3C.[Fe]. The van der Waals surface area contributed by atoms with Crippen LogP contribution in [0.15, 0.2) is 30.3 Å². The van der Waals surface area contributed by atoms with E-state index >= 15 is 0 Å². The summed E-state index contributed by atoms with van der Waals surface area (Å²) in [6.07, 6.45) is 2.61. The molecule has 0 saturated heterocycles. The predicted octanol–water partition coefficient (Wildman–Crippen LogP) is 5.56. The van der Waals surface area contributed by atoms with Crippen LogP contribution < -0.4 is 9.97 Å². The summed E-state index contributed by atoms with van der Waals surface area (Å²) in [7, 11) is 0. The van der Waals surface area contributed by atoms with Gasteiger partial charge in [0.25, 0.3) is 0 Å². The first-order valence-corrected chi connectivity index (χ1v) is 12.5. The summed E-state index contributed by atoms with van der Waals surface area (Å²) >= 11 is 0. The molecule has 39 heavy (non-hydrogen) atoms. The average molecular weight is 564 g/mol. The molecule has 2 aliphatic heterocycles. The van der Waals surface area contributed by atoms with Gasteiger partial charge < -0.3 is 20.2 Å². The molecule has 3 aromatic rings. The van der Waals surface area contributed by atoms with Crippen molar-refractivity contribution in [3.63, 3.8) is 0 Å². The molecular weight excluding hydrogens is 536 g/mol. The Bertz CT molecular complexity index is 1730. The third kappa shape index (κ3) is 5.75. The molecule has 0 aliphatic carbocycles. The molecule has 2 aliphatic rings. The molecule has 0 amide bonds.